The van der Waals surface area contributed by atoms with E-state index in [1.807, 2.05) is 30.3 Å². The van der Waals surface area contributed by atoms with Crippen LogP contribution < -0.4 is 4.74 Å². The second-order valence-corrected chi connectivity index (χ2v) is 1.78. The first-order valence-electron chi connectivity index (χ1n) is 2.98. The van der Waals surface area contributed by atoms with Crippen LogP contribution in [0.5, 0.6) is 5.75 Å². The van der Waals surface area contributed by atoms with Crippen molar-refractivity contribution in [3.05, 3.63) is 30.3 Å². The van der Waals surface area contributed by atoms with Gasteiger partial charge in [-0.25, -0.2) is 0 Å². The molecule has 0 aromatic heterocycles. The summed E-state index contributed by atoms with van der Waals surface area (Å²) in [5.41, 5.74) is 0. The maximum absolute atomic E-state index is 8.57. The number of hydrogen-bond donors (Lipinski definition) is 0. The molecule has 0 heterocycles. The summed E-state index contributed by atoms with van der Waals surface area (Å²) in [7, 11) is 1.66. The lowest BCUT2D eigenvalue weighted by Gasteiger charge is -1.93. The molecule has 60 valence electrons. The average molecular weight is 173 g/mol. The van der Waals surface area contributed by atoms with Crippen LogP contribution in [0.2, 0.25) is 0 Å². The van der Waals surface area contributed by atoms with E-state index in [9.17, 15) is 0 Å². The van der Waals surface area contributed by atoms with E-state index in [0.29, 0.717) is 0 Å². The highest BCUT2D eigenvalue weighted by atomic mass is 35.5. The summed E-state index contributed by atoms with van der Waals surface area (Å²) in [6.45, 7) is 0. The van der Waals surface area contributed by atoms with E-state index in [4.69, 9.17) is 9.53 Å². The Hall–Kier alpha value is -1.02. The van der Waals surface area contributed by atoms with E-state index < -0.39 is 0 Å². The number of halogens is 1. The monoisotopic (exact) mass is 172 g/mol. The lowest BCUT2D eigenvalue weighted by molar-refractivity contribution is 0.415. The van der Waals surface area contributed by atoms with Crippen molar-refractivity contribution in [2.24, 2.45) is 0 Å². The third kappa shape index (κ3) is 5.43. The Morgan fingerprint density at radius 1 is 1.36 bits per heavy atom. The van der Waals surface area contributed by atoms with E-state index in [0.717, 1.165) is 5.75 Å². The molecule has 0 fully saturated rings. The van der Waals surface area contributed by atoms with E-state index in [1.54, 1.807) is 7.11 Å². The molecule has 0 aliphatic heterocycles. The Kier molecular flexibility index (Phi) is 6.43. The molecule has 0 N–H and O–H groups in total. The summed E-state index contributed by atoms with van der Waals surface area (Å²) >= 11 is 4.32. The predicted octanol–water partition coefficient (Wildman–Crippen LogP) is 2.11. The summed E-state index contributed by atoms with van der Waals surface area (Å²) in [4.78, 5) is 8.57. The van der Waals surface area contributed by atoms with Crippen molar-refractivity contribution < 1.29 is 9.53 Å². The Morgan fingerprint density at radius 2 is 1.82 bits per heavy atom. The standard InChI is InChI=1S/C7H8O.CHClO/c1-8-7-5-3-2-4-6-7;2-1-3/h2-6H,1H3;1H. The predicted molar refractivity (Wildman–Crippen MR) is 45.6 cm³/mol. The van der Waals surface area contributed by atoms with Crippen molar-refractivity contribution in [1.82, 2.24) is 0 Å². The minimum absolute atomic E-state index is 0.222. The molecular formula is C8H9ClO2. The number of para-hydroxylation sites is 1. The zero-order valence-electron chi connectivity index (χ0n) is 6.16. The first-order chi connectivity index (χ1) is 5.35. The van der Waals surface area contributed by atoms with Crippen LogP contribution in [0.1, 0.15) is 0 Å². The first kappa shape index (κ1) is 9.98. The minimum atomic E-state index is 0.222. The van der Waals surface area contributed by atoms with Crippen molar-refractivity contribution in [1.29, 1.82) is 0 Å². The molecule has 2 nitrogen and oxygen atoms in total. The molecule has 11 heavy (non-hydrogen) atoms. The lowest BCUT2D eigenvalue weighted by Crippen LogP contribution is -1.78. The highest BCUT2D eigenvalue weighted by molar-refractivity contribution is 6.54. The van der Waals surface area contributed by atoms with Crippen molar-refractivity contribution in [2.75, 3.05) is 7.11 Å². The molecular weight excluding hydrogens is 164 g/mol. The van der Waals surface area contributed by atoms with Gasteiger partial charge in [-0.05, 0) is 23.7 Å². The summed E-state index contributed by atoms with van der Waals surface area (Å²) in [6.07, 6.45) is 0. The van der Waals surface area contributed by atoms with Crippen molar-refractivity contribution in [3.63, 3.8) is 0 Å². The molecule has 0 aliphatic rings. The number of carbonyl (C=O) groups is 1. The van der Waals surface area contributed by atoms with E-state index >= 15 is 0 Å². The number of carbonyl (C=O) groups excluding carboxylic acids is 1. The van der Waals surface area contributed by atoms with Crippen LogP contribution in [0.3, 0.4) is 0 Å². The minimum Gasteiger partial charge on any atom is -0.497 e. The fourth-order valence-corrected chi connectivity index (χ4v) is 0.557. The van der Waals surface area contributed by atoms with Gasteiger partial charge in [0.05, 0.1) is 7.11 Å². The number of benzene rings is 1. The SMILES string of the molecule is COc1ccccc1.O=CCl. The van der Waals surface area contributed by atoms with Crippen LogP contribution in [-0.2, 0) is 4.79 Å². The van der Waals surface area contributed by atoms with Crippen molar-refractivity contribution in [2.45, 2.75) is 0 Å². The second-order valence-electron chi connectivity index (χ2n) is 1.61. The summed E-state index contributed by atoms with van der Waals surface area (Å²) < 4.78 is 4.91. The Balaban J connectivity index is 0.000000292. The van der Waals surface area contributed by atoms with Crippen LogP contribution in [0.25, 0.3) is 0 Å². The zero-order valence-corrected chi connectivity index (χ0v) is 6.91. The molecule has 1 aromatic rings. The maximum atomic E-state index is 8.57. The Labute approximate surface area is 70.7 Å². The largest absolute Gasteiger partial charge is 0.497 e. The normalized spacial score (nSPS) is 7.45. The second kappa shape index (κ2) is 7.09. The number of hydrogen-bond acceptors (Lipinski definition) is 2. The van der Waals surface area contributed by atoms with Crippen LogP contribution in [0, 0.1) is 0 Å². The zero-order chi connectivity index (χ0) is 8.53. The fourth-order valence-electron chi connectivity index (χ4n) is 0.557. The van der Waals surface area contributed by atoms with Gasteiger partial charge in [-0.2, -0.15) is 0 Å². The summed E-state index contributed by atoms with van der Waals surface area (Å²) in [5.74, 6) is 1.13. The molecule has 0 radical (unpaired) electrons. The molecule has 1 rings (SSSR count). The van der Waals surface area contributed by atoms with E-state index in [-0.39, 0.29) is 5.75 Å². The van der Waals surface area contributed by atoms with Crippen molar-refractivity contribution >= 4 is 17.3 Å². The van der Waals surface area contributed by atoms with Crippen LogP contribution >= 0.6 is 11.6 Å². The molecule has 0 unspecified atom stereocenters. The quantitative estimate of drug-likeness (QED) is 0.479. The van der Waals surface area contributed by atoms with E-state index in [1.165, 1.54) is 0 Å². The molecule has 0 saturated carbocycles. The first-order valence-corrected chi connectivity index (χ1v) is 3.41. The molecule has 0 spiro atoms. The van der Waals surface area contributed by atoms with E-state index in [2.05, 4.69) is 11.6 Å². The van der Waals surface area contributed by atoms with Gasteiger partial charge < -0.3 is 4.74 Å². The molecule has 0 atom stereocenters. The highest BCUT2D eigenvalue weighted by Gasteiger charge is 1.80. The Morgan fingerprint density at radius 3 is 2.09 bits per heavy atom. The number of ether oxygens (including phenoxy) is 1. The topological polar surface area (TPSA) is 26.3 Å². The molecule has 0 saturated heterocycles. The van der Waals surface area contributed by atoms with Gasteiger partial charge in [0.2, 0.25) is 5.75 Å². The van der Waals surface area contributed by atoms with Gasteiger partial charge in [-0.15, -0.1) is 0 Å². The summed E-state index contributed by atoms with van der Waals surface area (Å²) in [6, 6.07) is 9.68. The maximum Gasteiger partial charge on any atom is 0.208 e. The lowest BCUT2D eigenvalue weighted by atomic mass is 10.3. The Bertz CT molecular complexity index is 187. The molecule has 3 heteroatoms. The van der Waals surface area contributed by atoms with Gasteiger partial charge in [0.25, 0.3) is 0 Å². The van der Waals surface area contributed by atoms with Crippen LogP contribution in [-0.4, -0.2) is 12.9 Å². The number of methoxy groups -OCH3 is 1. The van der Waals surface area contributed by atoms with Gasteiger partial charge >= 0.3 is 0 Å². The fraction of sp³-hybridized carbons (Fsp3) is 0.125. The smallest absolute Gasteiger partial charge is 0.208 e. The third-order valence-corrected chi connectivity index (χ3v) is 0.979. The van der Waals surface area contributed by atoms with Gasteiger partial charge in [0.15, 0.2) is 0 Å². The van der Waals surface area contributed by atoms with Gasteiger partial charge in [0, 0.05) is 0 Å². The molecule has 1 aromatic carbocycles. The summed E-state index contributed by atoms with van der Waals surface area (Å²) in [5, 5.41) is 0. The van der Waals surface area contributed by atoms with Crippen molar-refractivity contribution in [3.8, 4) is 5.75 Å². The van der Waals surface area contributed by atoms with Gasteiger partial charge in [-0.3, -0.25) is 4.79 Å². The molecule has 0 aliphatic carbocycles. The third-order valence-electron chi connectivity index (χ3n) is 0.979. The molecule has 0 amide bonds. The van der Waals surface area contributed by atoms with Crippen LogP contribution in [0.15, 0.2) is 30.3 Å². The van der Waals surface area contributed by atoms with Gasteiger partial charge in [-0.1, -0.05) is 18.2 Å². The van der Waals surface area contributed by atoms with Gasteiger partial charge in [0.1, 0.15) is 5.75 Å². The number of rotatable bonds is 1. The van der Waals surface area contributed by atoms with Crippen LogP contribution in [0.4, 0.5) is 0 Å². The highest BCUT2D eigenvalue weighted by Crippen LogP contribution is 2.05. The molecule has 0 bridgehead atoms. The average Bonchev–Trinajstić information content (AvgIpc) is 2.08.